The van der Waals surface area contributed by atoms with Crippen LogP contribution in [0.3, 0.4) is 0 Å². The van der Waals surface area contributed by atoms with Gasteiger partial charge >= 0.3 is 0 Å². The highest BCUT2D eigenvalue weighted by Crippen LogP contribution is 2.35. The number of amides is 2. The summed E-state index contributed by atoms with van der Waals surface area (Å²) in [5, 5.41) is 11.5. The van der Waals surface area contributed by atoms with Crippen LogP contribution in [0.1, 0.15) is 5.56 Å². The molecule has 152 valence electrons. The zero-order valence-corrected chi connectivity index (χ0v) is 21.4. The van der Waals surface area contributed by atoms with Crippen LogP contribution in [0.5, 0.6) is 5.75 Å². The van der Waals surface area contributed by atoms with Crippen LogP contribution in [0.25, 0.3) is 6.08 Å². The van der Waals surface area contributed by atoms with Crippen molar-refractivity contribution in [1.29, 1.82) is 5.26 Å². The molecule has 2 amide bonds. The van der Waals surface area contributed by atoms with Crippen LogP contribution in [0, 0.1) is 18.5 Å². The van der Waals surface area contributed by atoms with Gasteiger partial charge in [-0.1, -0.05) is 29.3 Å². The van der Waals surface area contributed by atoms with Crippen LogP contribution in [0.15, 0.2) is 35.9 Å². The van der Waals surface area contributed by atoms with Crippen LogP contribution in [0.2, 0.25) is 10.0 Å². The number of thiocarbonyl (C=S) groups is 1. The van der Waals surface area contributed by atoms with Gasteiger partial charge in [-0.05, 0) is 93.3 Å². The molecule has 3 rings (SSSR count). The second kappa shape index (κ2) is 9.78. The summed E-state index contributed by atoms with van der Waals surface area (Å²) in [5.74, 6) is -0.676. The van der Waals surface area contributed by atoms with E-state index in [1.807, 2.05) is 6.07 Å². The molecule has 0 atom stereocenters. The van der Waals surface area contributed by atoms with Gasteiger partial charge in [0.2, 0.25) is 0 Å². The zero-order chi connectivity index (χ0) is 22.0. The monoisotopic (exact) mass is 683 g/mol. The second-order valence-corrected chi connectivity index (χ2v) is 9.29. The molecule has 0 saturated carbocycles. The number of hydrogen-bond donors (Lipinski definition) is 1. The number of nitriles is 1. The summed E-state index contributed by atoms with van der Waals surface area (Å²) in [4.78, 5) is 26.8. The van der Waals surface area contributed by atoms with Crippen molar-refractivity contribution in [2.24, 2.45) is 0 Å². The van der Waals surface area contributed by atoms with Gasteiger partial charge in [0, 0.05) is 0 Å². The lowest BCUT2D eigenvalue weighted by Crippen LogP contribution is -2.54. The molecule has 0 unspecified atom stereocenters. The van der Waals surface area contributed by atoms with Gasteiger partial charge in [0.1, 0.15) is 17.4 Å². The van der Waals surface area contributed by atoms with Gasteiger partial charge in [0.15, 0.2) is 11.7 Å². The molecule has 30 heavy (non-hydrogen) atoms. The van der Waals surface area contributed by atoms with E-state index >= 15 is 0 Å². The van der Waals surface area contributed by atoms with E-state index in [0.29, 0.717) is 11.3 Å². The van der Waals surface area contributed by atoms with Crippen molar-refractivity contribution < 1.29 is 14.3 Å². The molecule has 6 nitrogen and oxygen atoms in total. The standard InChI is InChI=1S/C19H9Cl2I2N3O3S/c20-11-2-1-3-14(15(11)21)26-18(28)10(17(27)25-19(26)30)6-9-7-12(22)16(13(23)8-9)29-5-4-24/h1-3,6-8H,5H2,(H,25,27,30)/b10-6+. The maximum atomic E-state index is 13.1. The highest BCUT2D eigenvalue weighted by Gasteiger charge is 2.35. The summed E-state index contributed by atoms with van der Waals surface area (Å²) in [6.45, 7) is -0.0832. The quantitative estimate of drug-likeness (QED) is 0.214. The van der Waals surface area contributed by atoms with Gasteiger partial charge < -0.3 is 4.74 Å². The summed E-state index contributed by atoms with van der Waals surface area (Å²) in [6, 6.07) is 10.2. The van der Waals surface area contributed by atoms with Crippen molar-refractivity contribution in [2.45, 2.75) is 0 Å². The molecule has 1 saturated heterocycles. The molecule has 1 N–H and O–H groups in total. The lowest BCUT2D eigenvalue weighted by molar-refractivity contribution is -0.122. The highest BCUT2D eigenvalue weighted by molar-refractivity contribution is 14.1. The third kappa shape index (κ3) is 4.72. The first-order chi connectivity index (χ1) is 14.2. The molecule has 11 heteroatoms. The summed E-state index contributed by atoms with van der Waals surface area (Å²) >= 11 is 21.6. The Morgan fingerprint density at radius 2 is 1.90 bits per heavy atom. The minimum atomic E-state index is -0.622. The normalized spacial score (nSPS) is 15.2. The van der Waals surface area contributed by atoms with Crippen molar-refractivity contribution >= 4 is 109 Å². The Morgan fingerprint density at radius 3 is 2.53 bits per heavy atom. The number of carbonyl (C=O) groups is 2. The van der Waals surface area contributed by atoms with Gasteiger partial charge in [-0.25, -0.2) is 0 Å². The minimum Gasteiger partial charge on any atom is -0.477 e. The van der Waals surface area contributed by atoms with E-state index in [1.165, 1.54) is 6.08 Å². The van der Waals surface area contributed by atoms with Crippen LogP contribution >= 0.6 is 80.6 Å². The number of anilines is 1. The Hall–Kier alpha value is -1.46. The van der Waals surface area contributed by atoms with E-state index < -0.39 is 11.8 Å². The molecule has 1 fully saturated rings. The molecule has 2 aromatic carbocycles. The average molecular weight is 684 g/mol. The van der Waals surface area contributed by atoms with E-state index in [1.54, 1.807) is 30.3 Å². The Balaban J connectivity index is 2.03. The maximum absolute atomic E-state index is 13.1. The van der Waals surface area contributed by atoms with E-state index in [2.05, 4.69) is 50.5 Å². The van der Waals surface area contributed by atoms with Crippen molar-refractivity contribution in [3.05, 3.63) is 58.7 Å². The minimum absolute atomic E-state index is 0.0832. The molecule has 1 aliphatic rings. The average Bonchev–Trinajstić information content (AvgIpc) is 2.67. The summed E-state index contributed by atoms with van der Waals surface area (Å²) in [7, 11) is 0. The van der Waals surface area contributed by atoms with Crippen molar-refractivity contribution in [2.75, 3.05) is 11.5 Å². The fourth-order valence-corrected chi connectivity index (χ4v) is 5.39. The lowest BCUT2D eigenvalue weighted by Gasteiger charge is -2.29. The molecular formula is C19H9Cl2I2N3O3S. The van der Waals surface area contributed by atoms with Gasteiger partial charge in [0.25, 0.3) is 11.8 Å². The first-order valence-electron chi connectivity index (χ1n) is 8.09. The predicted molar refractivity (Wildman–Crippen MR) is 136 cm³/mol. The van der Waals surface area contributed by atoms with Crippen molar-refractivity contribution in [3.63, 3.8) is 0 Å². The van der Waals surface area contributed by atoms with Crippen molar-refractivity contribution in [1.82, 2.24) is 5.32 Å². The summed E-state index contributed by atoms with van der Waals surface area (Å²) in [5.41, 5.74) is 0.767. The number of nitrogens with zero attached hydrogens (tertiary/aromatic N) is 2. The summed E-state index contributed by atoms with van der Waals surface area (Å²) in [6.07, 6.45) is 1.46. The SMILES string of the molecule is N#CCOc1c(I)cc(/C=C2\C(=O)NC(=S)N(c3cccc(Cl)c3Cl)C2=O)cc1I. The van der Waals surface area contributed by atoms with E-state index in [9.17, 15) is 9.59 Å². The number of benzene rings is 2. The van der Waals surface area contributed by atoms with Crippen LogP contribution in [0.4, 0.5) is 5.69 Å². The number of rotatable bonds is 4. The first kappa shape index (κ1) is 23.2. The fourth-order valence-electron chi connectivity index (χ4n) is 2.61. The van der Waals surface area contributed by atoms with Gasteiger partial charge in [-0.3, -0.25) is 19.8 Å². The predicted octanol–water partition coefficient (Wildman–Crippen LogP) is 4.94. The molecule has 0 aromatic heterocycles. The smallest absolute Gasteiger partial charge is 0.270 e. The third-order valence-corrected chi connectivity index (χ3v) is 6.58. The Morgan fingerprint density at radius 1 is 1.23 bits per heavy atom. The second-order valence-electron chi connectivity index (χ2n) is 5.79. The molecule has 2 aromatic rings. The molecule has 0 aliphatic carbocycles. The molecule has 0 bridgehead atoms. The number of halogens is 4. The van der Waals surface area contributed by atoms with Gasteiger partial charge in [-0.2, -0.15) is 5.26 Å². The van der Waals surface area contributed by atoms with Crippen LogP contribution in [-0.2, 0) is 9.59 Å². The molecular weight excluding hydrogens is 675 g/mol. The molecule has 0 spiro atoms. The summed E-state index contributed by atoms with van der Waals surface area (Å²) < 4.78 is 6.89. The van der Waals surface area contributed by atoms with E-state index in [0.717, 1.165) is 12.0 Å². The maximum Gasteiger partial charge on any atom is 0.270 e. The van der Waals surface area contributed by atoms with Crippen LogP contribution in [-0.4, -0.2) is 23.5 Å². The molecule has 1 aliphatic heterocycles. The Labute approximate surface area is 214 Å². The van der Waals surface area contributed by atoms with Crippen molar-refractivity contribution in [3.8, 4) is 11.8 Å². The lowest BCUT2D eigenvalue weighted by atomic mass is 10.1. The number of nitrogens with one attached hydrogen (secondary N) is 1. The number of ether oxygens (including phenoxy) is 1. The fraction of sp³-hybridized carbons (Fsp3) is 0.0526. The van der Waals surface area contributed by atoms with E-state index in [4.69, 9.17) is 45.4 Å². The topological polar surface area (TPSA) is 82.4 Å². The Bertz CT molecular complexity index is 1140. The highest BCUT2D eigenvalue weighted by atomic mass is 127. The van der Waals surface area contributed by atoms with Gasteiger partial charge in [0.05, 0.1) is 22.9 Å². The number of carbonyl (C=O) groups excluding carboxylic acids is 2. The zero-order valence-electron chi connectivity index (χ0n) is 14.7. The van der Waals surface area contributed by atoms with Gasteiger partial charge in [-0.15, -0.1) is 0 Å². The first-order valence-corrected chi connectivity index (χ1v) is 11.4. The largest absolute Gasteiger partial charge is 0.477 e. The number of hydrogen-bond acceptors (Lipinski definition) is 5. The Kier molecular flexibility index (Phi) is 7.56. The third-order valence-electron chi connectivity index (χ3n) is 3.89. The van der Waals surface area contributed by atoms with E-state index in [-0.39, 0.29) is 33.0 Å². The van der Waals surface area contributed by atoms with Crippen LogP contribution < -0.4 is 15.0 Å². The molecule has 0 radical (unpaired) electrons. The molecule has 1 heterocycles.